The number of hydrogen-bond donors (Lipinski definition) is 5. The molecule has 0 radical (unpaired) electrons. The molecule has 0 spiro atoms. The van der Waals surface area contributed by atoms with Crippen molar-refractivity contribution in [2.75, 3.05) is 0 Å². The van der Waals surface area contributed by atoms with Crippen LogP contribution in [0.5, 0.6) is 0 Å². The normalized spacial score (nSPS) is 7.20. The topological polar surface area (TPSA) is 70.1 Å². The minimum Gasteiger partial charge on any atom is -0.464 e. The molecule has 0 saturated carbocycles. The van der Waals surface area contributed by atoms with Gasteiger partial charge >= 0.3 is 12.2 Å². The molecule has 0 aliphatic heterocycles. The molecule has 84 valence electrons. The zero-order chi connectivity index (χ0) is 11.7. The molecule has 2 amide bonds. The molecule has 0 aliphatic carbocycles. The van der Waals surface area contributed by atoms with E-state index in [1.54, 1.807) is 0 Å². The Hall–Kier alpha value is 0.303. The quantitative estimate of drug-likeness (QED) is 0.287. The summed E-state index contributed by atoms with van der Waals surface area (Å²) in [5.41, 5.74) is 0. The van der Waals surface area contributed by atoms with E-state index >= 15 is 0 Å². The number of nitrogens with zero attached hydrogens (tertiary/aromatic N) is 2. The minimum absolute atomic E-state index is 0. The second-order valence-corrected chi connectivity index (χ2v) is 3.64. The predicted molar refractivity (Wildman–Crippen MR) is 64.3 cm³/mol. The summed E-state index contributed by atoms with van der Waals surface area (Å²) in [5.74, 6) is 0. The molecule has 0 rings (SSSR count). The van der Waals surface area contributed by atoms with E-state index in [4.69, 9.17) is 5.11 Å². The molecule has 0 aromatic carbocycles. The second-order valence-electron chi connectivity index (χ2n) is 1.41. The van der Waals surface area contributed by atoms with Gasteiger partial charge in [0.25, 0.3) is 0 Å². The molecular weight excluding hydrogens is 334 g/mol. The van der Waals surface area contributed by atoms with E-state index in [-0.39, 0.29) is 19.5 Å². The summed E-state index contributed by atoms with van der Waals surface area (Å²) in [6.45, 7) is 3.15. The summed E-state index contributed by atoms with van der Waals surface area (Å²) >= 11 is 13.6. The summed E-state index contributed by atoms with van der Waals surface area (Å²) < 4.78 is 5.38. The summed E-state index contributed by atoms with van der Waals surface area (Å²) in [7, 11) is 0. The van der Waals surface area contributed by atoms with Gasteiger partial charge in [-0.2, -0.15) is 7.42 Å². The Bertz CT molecular complexity index is 215. The maximum Gasteiger partial charge on any atom is 0.434 e. The van der Waals surface area contributed by atoms with Crippen molar-refractivity contribution in [1.82, 2.24) is 7.42 Å². The molecular formula is C4H8N2O4S4Zn. The summed E-state index contributed by atoms with van der Waals surface area (Å²) in [5, 5.41) is 7.76. The van der Waals surface area contributed by atoms with Gasteiger partial charge < -0.3 is 9.84 Å². The molecule has 6 nitrogen and oxygen atoms in total. The molecule has 0 aromatic heterocycles. The number of carboxylic acid groups (broad SMARTS) is 1. The Morgan fingerprint density at radius 1 is 1.20 bits per heavy atom. The van der Waals surface area contributed by atoms with Crippen LogP contribution in [-0.4, -0.2) is 24.7 Å². The molecule has 0 aliphatic rings. The third-order valence-corrected chi connectivity index (χ3v) is 1.19. The van der Waals surface area contributed by atoms with Crippen LogP contribution in [0.3, 0.4) is 0 Å². The van der Waals surface area contributed by atoms with Crippen molar-refractivity contribution in [2.45, 2.75) is 0 Å². The fourth-order valence-electron chi connectivity index (χ4n) is 0.118. The average Bonchev–Trinajstić information content (AvgIpc) is 2.05. The van der Waals surface area contributed by atoms with Crippen molar-refractivity contribution >= 4 is 63.4 Å². The number of amides is 2. The van der Waals surface area contributed by atoms with Crippen molar-refractivity contribution in [3.63, 3.8) is 0 Å². The van der Waals surface area contributed by atoms with Gasteiger partial charge in [-0.15, -0.1) is 0 Å². The second kappa shape index (κ2) is 12.4. The first-order valence-electron chi connectivity index (χ1n) is 2.73. The van der Waals surface area contributed by atoms with E-state index in [0.717, 1.165) is 6.26 Å². The number of rotatable bonds is 1. The minimum atomic E-state index is -1.18. The van der Waals surface area contributed by atoms with Crippen molar-refractivity contribution < 1.29 is 38.9 Å². The summed E-state index contributed by atoms with van der Waals surface area (Å²) in [6.07, 6.45) is -0.852. The van der Waals surface area contributed by atoms with Gasteiger partial charge in [0.15, 0.2) is 0 Å². The first-order valence-corrected chi connectivity index (χ1v) is 4.33. The Morgan fingerprint density at radius 3 is 1.60 bits per heavy atom. The van der Waals surface area contributed by atoms with Gasteiger partial charge in [0.1, 0.15) is 0 Å². The van der Waals surface area contributed by atoms with Crippen LogP contribution < -0.4 is 0 Å². The van der Waals surface area contributed by atoms with E-state index in [0.29, 0.717) is 7.42 Å². The fourth-order valence-corrected chi connectivity index (χ4v) is 0.213. The van der Waals surface area contributed by atoms with E-state index < -0.39 is 12.2 Å². The third-order valence-electron chi connectivity index (χ3n) is 0.519. The molecule has 0 saturated heterocycles. The van der Waals surface area contributed by atoms with E-state index in [1.165, 1.54) is 0 Å². The van der Waals surface area contributed by atoms with Crippen LogP contribution in [0, 0.1) is 0 Å². The van der Waals surface area contributed by atoms with E-state index in [9.17, 15) is 9.59 Å². The van der Waals surface area contributed by atoms with Gasteiger partial charge in [0, 0.05) is 19.5 Å². The van der Waals surface area contributed by atoms with Crippen LogP contribution in [0.2, 0.25) is 0 Å². The standard InChI is InChI=1S/C3H5NO2S2.CH3NO2S2.Zn/c1-2-6-3(5)4(7)8;3-1(4)2(5)6;/h2,7-8H,1H2;5-6H,(H,3,4);. The monoisotopic (exact) mass is 340 g/mol. The van der Waals surface area contributed by atoms with Gasteiger partial charge in [-0.3, -0.25) is 0 Å². The van der Waals surface area contributed by atoms with Crippen molar-refractivity contribution in [2.24, 2.45) is 0 Å². The van der Waals surface area contributed by atoms with Crippen LogP contribution in [-0.2, 0) is 24.2 Å². The van der Waals surface area contributed by atoms with Crippen molar-refractivity contribution in [1.29, 1.82) is 0 Å². The molecule has 0 fully saturated rings. The number of carbonyl (C=O) groups is 2. The van der Waals surface area contributed by atoms with E-state index in [2.05, 4.69) is 62.6 Å². The summed E-state index contributed by atoms with van der Waals surface area (Å²) in [4.78, 5) is 19.7. The molecule has 15 heavy (non-hydrogen) atoms. The van der Waals surface area contributed by atoms with Gasteiger partial charge in [-0.1, -0.05) is 6.58 Å². The number of hydrogen-bond acceptors (Lipinski definition) is 7. The van der Waals surface area contributed by atoms with Gasteiger partial charge in [-0.25, -0.2) is 9.59 Å². The number of thiol groups is 4. The van der Waals surface area contributed by atoms with Crippen LogP contribution >= 0.6 is 51.3 Å². The molecule has 11 heteroatoms. The SMILES string of the molecule is C=COC(=O)N(S)S.O=C(O)N(S)S.[Zn]. The Balaban J connectivity index is -0.000000187. The van der Waals surface area contributed by atoms with Crippen molar-refractivity contribution in [3.8, 4) is 0 Å². The largest absolute Gasteiger partial charge is 0.464 e. The maximum absolute atomic E-state index is 10.2. The average molecular weight is 342 g/mol. The Morgan fingerprint density at radius 2 is 1.53 bits per heavy atom. The predicted octanol–water partition coefficient (Wildman–Crippen LogP) is 1.91. The van der Waals surface area contributed by atoms with Crippen LogP contribution in [0.4, 0.5) is 9.59 Å². The van der Waals surface area contributed by atoms with Crippen molar-refractivity contribution in [3.05, 3.63) is 12.8 Å². The summed E-state index contributed by atoms with van der Waals surface area (Å²) in [6, 6.07) is 0. The molecule has 0 atom stereocenters. The van der Waals surface area contributed by atoms with E-state index in [1.807, 2.05) is 0 Å². The third kappa shape index (κ3) is 16.9. The van der Waals surface area contributed by atoms with Gasteiger partial charge in [-0.05, 0) is 51.3 Å². The maximum atomic E-state index is 10.2. The Labute approximate surface area is 122 Å². The number of carbonyl (C=O) groups excluding carboxylic acids is 1. The molecule has 0 aromatic rings. The Kier molecular flexibility index (Phi) is 17.1. The zero-order valence-electron chi connectivity index (χ0n) is 7.35. The molecule has 0 bridgehead atoms. The zero-order valence-corrected chi connectivity index (χ0v) is 13.9. The van der Waals surface area contributed by atoms with Gasteiger partial charge in [0.05, 0.1) is 6.26 Å². The fraction of sp³-hybridized carbons (Fsp3) is 0. The first kappa shape index (κ1) is 20.7. The van der Waals surface area contributed by atoms with Gasteiger partial charge in [0.2, 0.25) is 0 Å². The molecule has 1 N–H and O–H groups in total. The molecule has 0 unspecified atom stereocenters. The molecule has 0 heterocycles. The van der Waals surface area contributed by atoms with Crippen LogP contribution in [0.15, 0.2) is 12.8 Å². The smallest absolute Gasteiger partial charge is 0.434 e. The van der Waals surface area contributed by atoms with Crippen LogP contribution in [0.1, 0.15) is 0 Å². The number of ether oxygens (including phenoxy) is 1. The van der Waals surface area contributed by atoms with Crippen LogP contribution in [0.25, 0.3) is 0 Å². The first-order chi connectivity index (χ1) is 6.32.